The summed E-state index contributed by atoms with van der Waals surface area (Å²) >= 11 is 0. The second-order valence-corrected chi connectivity index (χ2v) is 11.4. The van der Waals surface area contributed by atoms with Crippen molar-refractivity contribution in [3.05, 3.63) is 0 Å². The van der Waals surface area contributed by atoms with E-state index in [1.54, 1.807) is 0 Å². The van der Waals surface area contributed by atoms with Gasteiger partial charge < -0.3 is 0 Å². The van der Waals surface area contributed by atoms with Gasteiger partial charge in [0.05, 0.1) is 0 Å². The van der Waals surface area contributed by atoms with Crippen molar-refractivity contribution in [1.82, 2.24) is 0 Å². The van der Waals surface area contributed by atoms with Crippen molar-refractivity contribution in [2.45, 2.75) is 102 Å². The molecule has 0 aromatic heterocycles. The standard InChI is InChI=1S/C25H50/c1-13-24(11,12)15-25(14-17(4)18(5)16(2)3)22(9)20(7)19(6)21(8)23(25)10/h16-23H,13-15H2,1-12H3. The van der Waals surface area contributed by atoms with E-state index in [0.29, 0.717) is 10.8 Å². The first-order chi connectivity index (χ1) is 11.3. The van der Waals surface area contributed by atoms with E-state index in [2.05, 4.69) is 83.1 Å². The number of rotatable bonds is 7. The van der Waals surface area contributed by atoms with Crippen LogP contribution in [-0.2, 0) is 0 Å². The van der Waals surface area contributed by atoms with Gasteiger partial charge in [-0.3, -0.25) is 0 Å². The molecule has 6 unspecified atom stereocenters. The lowest BCUT2D eigenvalue weighted by Gasteiger charge is -2.59. The summed E-state index contributed by atoms with van der Waals surface area (Å²) in [6, 6.07) is 0. The van der Waals surface area contributed by atoms with Crippen LogP contribution in [0.2, 0.25) is 0 Å². The van der Waals surface area contributed by atoms with Gasteiger partial charge in [-0.25, -0.2) is 0 Å². The van der Waals surface area contributed by atoms with E-state index in [0.717, 1.165) is 47.3 Å². The molecule has 0 aliphatic heterocycles. The van der Waals surface area contributed by atoms with Crippen LogP contribution in [0.1, 0.15) is 102 Å². The Morgan fingerprint density at radius 3 is 1.60 bits per heavy atom. The average molecular weight is 351 g/mol. The minimum Gasteiger partial charge on any atom is -0.0649 e. The molecule has 25 heavy (non-hydrogen) atoms. The smallest absolute Gasteiger partial charge is 0.0233 e. The normalized spacial score (nSPS) is 39.5. The summed E-state index contributed by atoms with van der Waals surface area (Å²) in [6.07, 6.45) is 4.11. The summed E-state index contributed by atoms with van der Waals surface area (Å²) in [5, 5.41) is 0. The highest BCUT2D eigenvalue weighted by atomic mass is 14.6. The summed E-state index contributed by atoms with van der Waals surface area (Å²) in [5.41, 5.74) is 0.941. The molecule has 1 saturated carbocycles. The van der Waals surface area contributed by atoms with Gasteiger partial charge in [-0.15, -0.1) is 0 Å². The molecule has 150 valence electrons. The van der Waals surface area contributed by atoms with Gasteiger partial charge in [0.2, 0.25) is 0 Å². The van der Waals surface area contributed by atoms with E-state index in [4.69, 9.17) is 0 Å². The lowest BCUT2D eigenvalue weighted by atomic mass is 9.46. The predicted octanol–water partition coefficient (Wildman–Crippen LogP) is 8.31. The van der Waals surface area contributed by atoms with E-state index in [9.17, 15) is 0 Å². The lowest BCUT2D eigenvalue weighted by molar-refractivity contribution is -0.105. The third kappa shape index (κ3) is 4.65. The van der Waals surface area contributed by atoms with Gasteiger partial charge >= 0.3 is 0 Å². The van der Waals surface area contributed by atoms with Crippen LogP contribution in [0.25, 0.3) is 0 Å². The highest BCUT2D eigenvalue weighted by Crippen LogP contribution is 2.60. The molecule has 0 heterocycles. The molecular weight excluding hydrogens is 300 g/mol. The van der Waals surface area contributed by atoms with Gasteiger partial charge in [0.15, 0.2) is 0 Å². The Morgan fingerprint density at radius 1 is 0.800 bits per heavy atom. The molecule has 1 aliphatic carbocycles. The maximum atomic E-state index is 2.60. The van der Waals surface area contributed by atoms with Crippen LogP contribution >= 0.6 is 0 Å². The zero-order valence-electron chi connectivity index (χ0n) is 19.7. The Bertz CT molecular complexity index is 388. The third-order valence-electron chi connectivity index (χ3n) is 9.47. The first kappa shape index (κ1) is 23.0. The van der Waals surface area contributed by atoms with Gasteiger partial charge in [-0.2, -0.15) is 0 Å². The van der Waals surface area contributed by atoms with Gasteiger partial charge in [-0.1, -0.05) is 89.5 Å². The van der Waals surface area contributed by atoms with Crippen molar-refractivity contribution in [2.75, 3.05) is 0 Å². The monoisotopic (exact) mass is 350 g/mol. The van der Waals surface area contributed by atoms with Crippen molar-refractivity contribution in [3.63, 3.8) is 0 Å². The molecule has 0 amide bonds. The SMILES string of the molecule is CCC(C)(C)CC1(CC(C)C(C)C(C)C)C(C)C(C)C(C)C(C)C1C. The number of hydrogen-bond donors (Lipinski definition) is 0. The summed E-state index contributed by atoms with van der Waals surface area (Å²) in [7, 11) is 0. The van der Waals surface area contributed by atoms with Gasteiger partial charge in [0, 0.05) is 0 Å². The minimum atomic E-state index is 0.448. The Kier molecular flexibility index (Phi) is 7.69. The van der Waals surface area contributed by atoms with Crippen molar-refractivity contribution < 1.29 is 0 Å². The third-order valence-corrected chi connectivity index (χ3v) is 9.47. The molecule has 6 atom stereocenters. The van der Waals surface area contributed by atoms with E-state index >= 15 is 0 Å². The summed E-state index contributed by atoms with van der Waals surface area (Å²) in [4.78, 5) is 0. The highest BCUT2D eigenvalue weighted by Gasteiger charge is 2.53. The number of hydrogen-bond acceptors (Lipinski definition) is 0. The maximum Gasteiger partial charge on any atom is -0.0233 e. The van der Waals surface area contributed by atoms with Gasteiger partial charge in [0.1, 0.15) is 0 Å². The Hall–Kier alpha value is 0. The minimum absolute atomic E-state index is 0.448. The molecule has 1 aliphatic rings. The Morgan fingerprint density at radius 2 is 1.24 bits per heavy atom. The lowest BCUT2D eigenvalue weighted by Crippen LogP contribution is -2.52. The van der Waals surface area contributed by atoms with Crippen molar-refractivity contribution >= 4 is 0 Å². The molecule has 0 spiro atoms. The molecule has 0 radical (unpaired) electrons. The summed E-state index contributed by atoms with van der Waals surface area (Å²) in [5.74, 6) is 6.56. The van der Waals surface area contributed by atoms with Crippen LogP contribution in [0.3, 0.4) is 0 Å². The van der Waals surface area contributed by atoms with Crippen LogP contribution in [0.4, 0.5) is 0 Å². The molecule has 1 fully saturated rings. The van der Waals surface area contributed by atoms with Crippen molar-refractivity contribution in [3.8, 4) is 0 Å². The fraction of sp³-hybridized carbons (Fsp3) is 1.00. The van der Waals surface area contributed by atoms with E-state index in [-0.39, 0.29) is 0 Å². The largest absolute Gasteiger partial charge is 0.0649 e. The van der Waals surface area contributed by atoms with Crippen molar-refractivity contribution in [2.24, 2.45) is 58.2 Å². The first-order valence-electron chi connectivity index (χ1n) is 11.3. The average Bonchev–Trinajstić information content (AvgIpc) is 2.55. The topological polar surface area (TPSA) is 0 Å². The van der Waals surface area contributed by atoms with Gasteiger partial charge in [-0.05, 0) is 71.0 Å². The fourth-order valence-electron chi connectivity index (χ4n) is 6.08. The zero-order chi connectivity index (χ0) is 19.7. The molecule has 0 N–H and O–H groups in total. The van der Waals surface area contributed by atoms with Crippen LogP contribution < -0.4 is 0 Å². The maximum absolute atomic E-state index is 2.60. The molecule has 0 aromatic rings. The second kappa shape index (κ2) is 8.35. The summed E-state index contributed by atoms with van der Waals surface area (Å²) < 4.78 is 0. The van der Waals surface area contributed by atoms with Crippen LogP contribution in [0, 0.1) is 58.2 Å². The summed E-state index contributed by atoms with van der Waals surface area (Å²) in [6.45, 7) is 30.1. The molecule has 1 rings (SSSR count). The molecular formula is C25H50. The van der Waals surface area contributed by atoms with Crippen molar-refractivity contribution in [1.29, 1.82) is 0 Å². The quantitative estimate of drug-likeness (QED) is 0.433. The second-order valence-electron chi connectivity index (χ2n) is 11.4. The van der Waals surface area contributed by atoms with Crippen LogP contribution in [0.5, 0.6) is 0 Å². The predicted molar refractivity (Wildman–Crippen MR) is 115 cm³/mol. The van der Waals surface area contributed by atoms with Crippen LogP contribution in [-0.4, -0.2) is 0 Å². The molecule has 0 heteroatoms. The van der Waals surface area contributed by atoms with Gasteiger partial charge in [0.25, 0.3) is 0 Å². The zero-order valence-corrected chi connectivity index (χ0v) is 19.7. The Balaban J connectivity index is 3.31. The molecule has 0 nitrogen and oxygen atoms in total. The molecule has 0 bridgehead atoms. The fourth-order valence-corrected chi connectivity index (χ4v) is 6.08. The first-order valence-corrected chi connectivity index (χ1v) is 11.3. The van der Waals surface area contributed by atoms with E-state index < -0.39 is 0 Å². The Labute approximate surface area is 160 Å². The molecule has 0 saturated heterocycles. The van der Waals surface area contributed by atoms with Crippen LogP contribution in [0.15, 0.2) is 0 Å². The van der Waals surface area contributed by atoms with E-state index in [1.807, 2.05) is 0 Å². The molecule has 0 aromatic carbocycles. The van der Waals surface area contributed by atoms with E-state index in [1.165, 1.54) is 19.3 Å². The highest BCUT2D eigenvalue weighted by molar-refractivity contribution is 5.02.